The number of nitrogens with zero attached hydrogens (tertiary/aromatic N) is 1. The highest BCUT2D eigenvalue weighted by Gasteiger charge is 2.32. The molecule has 0 aliphatic carbocycles. The van der Waals surface area contributed by atoms with Gasteiger partial charge < -0.3 is 10.2 Å². The number of carbonyl (C=O) groups is 1. The molecule has 0 bridgehead atoms. The predicted molar refractivity (Wildman–Crippen MR) is 68.7 cm³/mol. The minimum Gasteiger partial charge on any atom is -0.342 e. The van der Waals surface area contributed by atoms with Crippen LogP contribution in [0.3, 0.4) is 0 Å². The molecule has 16 heavy (non-hydrogen) atoms. The van der Waals surface area contributed by atoms with Gasteiger partial charge in [-0.2, -0.15) is 11.8 Å². The zero-order valence-corrected chi connectivity index (χ0v) is 11.1. The van der Waals surface area contributed by atoms with E-state index in [2.05, 4.69) is 19.2 Å². The summed E-state index contributed by atoms with van der Waals surface area (Å²) < 4.78 is 0. The van der Waals surface area contributed by atoms with E-state index in [-0.39, 0.29) is 0 Å². The third kappa shape index (κ3) is 3.14. The maximum atomic E-state index is 12.1. The Morgan fingerprint density at radius 1 is 1.56 bits per heavy atom. The SMILES string of the molecule is CC1(C)CCN(C(=O)CC2CSCCN2)C1. The maximum Gasteiger partial charge on any atom is 0.224 e. The fourth-order valence-electron chi connectivity index (χ4n) is 2.42. The van der Waals surface area contributed by atoms with Crippen molar-refractivity contribution in [2.24, 2.45) is 5.41 Å². The molecule has 1 amide bonds. The Morgan fingerprint density at radius 3 is 2.94 bits per heavy atom. The molecule has 0 aromatic rings. The lowest BCUT2D eigenvalue weighted by atomic mass is 9.93. The molecule has 0 aromatic heterocycles. The van der Waals surface area contributed by atoms with E-state index in [0.717, 1.165) is 31.8 Å². The zero-order valence-electron chi connectivity index (χ0n) is 10.3. The van der Waals surface area contributed by atoms with E-state index in [1.807, 2.05) is 16.7 Å². The number of hydrogen-bond acceptors (Lipinski definition) is 3. The summed E-state index contributed by atoms with van der Waals surface area (Å²) >= 11 is 1.95. The number of hydrogen-bond donors (Lipinski definition) is 1. The minimum atomic E-state index is 0.324. The summed E-state index contributed by atoms with van der Waals surface area (Å²) in [5, 5.41) is 3.43. The van der Waals surface area contributed by atoms with E-state index in [4.69, 9.17) is 0 Å². The lowest BCUT2D eigenvalue weighted by Crippen LogP contribution is -2.42. The fraction of sp³-hybridized carbons (Fsp3) is 0.917. The van der Waals surface area contributed by atoms with Gasteiger partial charge in [0.2, 0.25) is 5.91 Å². The lowest BCUT2D eigenvalue weighted by molar-refractivity contribution is -0.130. The van der Waals surface area contributed by atoms with Crippen molar-refractivity contribution in [3.8, 4) is 0 Å². The number of likely N-dealkylation sites (tertiary alicyclic amines) is 1. The second kappa shape index (κ2) is 4.96. The highest BCUT2D eigenvalue weighted by atomic mass is 32.2. The zero-order chi connectivity index (χ0) is 11.6. The highest BCUT2D eigenvalue weighted by molar-refractivity contribution is 7.99. The molecule has 2 aliphatic heterocycles. The molecule has 4 heteroatoms. The van der Waals surface area contributed by atoms with E-state index in [0.29, 0.717) is 23.8 Å². The summed E-state index contributed by atoms with van der Waals surface area (Å²) in [5.74, 6) is 2.61. The van der Waals surface area contributed by atoms with Gasteiger partial charge in [0, 0.05) is 43.6 Å². The van der Waals surface area contributed by atoms with Crippen LogP contribution in [0, 0.1) is 5.41 Å². The average Bonchev–Trinajstić information content (AvgIpc) is 2.60. The molecule has 1 unspecified atom stereocenters. The third-order valence-electron chi connectivity index (χ3n) is 3.45. The van der Waals surface area contributed by atoms with Crippen LogP contribution in [-0.2, 0) is 4.79 Å². The number of amides is 1. The molecule has 1 atom stereocenters. The van der Waals surface area contributed by atoms with Crippen LogP contribution in [0.1, 0.15) is 26.7 Å². The Morgan fingerprint density at radius 2 is 2.38 bits per heavy atom. The van der Waals surface area contributed by atoms with Crippen molar-refractivity contribution < 1.29 is 4.79 Å². The van der Waals surface area contributed by atoms with Gasteiger partial charge in [0.25, 0.3) is 0 Å². The summed E-state index contributed by atoms with van der Waals surface area (Å²) in [6.07, 6.45) is 1.83. The van der Waals surface area contributed by atoms with Crippen LogP contribution in [0.2, 0.25) is 0 Å². The topological polar surface area (TPSA) is 32.3 Å². The molecular formula is C12H22N2OS. The summed E-state index contributed by atoms with van der Waals surface area (Å²) in [6.45, 7) is 7.43. The Kier molecular flexibility index (Phi) is 3.80. The lowest BCUT2D eigenvalue weighted by Gasteiger charge is -2.26. The van der Waals surface area contributed by atoms with Crippen LogP contribution in [0.15, 0.2) is 0 Å². The van der Waals surface area contributed by atoms with Gasteiger partial charge in [-0.3, -0.25) is 4.79 Å². The second-order valence-corrected chi connectivity index (χ2v) is 6.81. The van der Waals surface area contributed by atoms with Crippen molar-refractivity contribution in [3.05, 3.63) is 0 Å². The summed E-state index contributed by atoms with van der Waals surface area (Å²) in [4.78, 5) is 14.1. The summed E-state index contributed by atoms with van der Waals surface area (Å²) in [6, 6.07) is 0.398. The smallest absolute Gasteiger partial charge is 0.224 e. The monoisotopic (exact) mass is 242 g/mol. The van der Waals surface area contributed by atoms with Crippen molar-refractivity contribution in [3.63, 3.8) is 0 Å². The van der Waals surface area contributed by atoms with E-state index in [1.54, 1.807) is 0 Å². The van der Waals surface area contributed by atoms with E-state index in [1.165, 1.54) is 5.75 Å². The molecule has 3 nitrogen and oxygen atoms in total. The Balaban J connectivity index is 1.79. The quantitative estimate of drug-likeness (QED) is 0.793. The van der Waals surface area contributed by atoms with Gasteiger partial charge in [-0.25, -0.2) is 0 Å². The van der Waals surface area contributed by atoms with Crippen molar-refractivity contribution in [2.75, 3.05) is 31.1 Å². The van der Waals surface area contributed by atoms with Crippen LogP contribution in [0.25, 0.3) is 0 Å². The van der Waals surface area contributed by atoms with Gasteiger partial charge in [-0.05, 0) is 11.8 Å². The molecule has 92 valence electrons. The van der Waals surface area contributed by atoms with Gasteiger partial charge in [0.05, 0.1) is 0 Å². The van der Waals surface area contributed by atoms with Gasteiger partial charge >= 0.3 is 0 Å². The van der Waals surface area contributed by atoms with Crippen molar-refractivity contribution in [1.29, 1.82) is 0 Å². The van der Waals surface area contributed by atoms with Crippen LogP contribution in [-0.4, -0.2) is 48.0 Å². The van der Waals surface area contributed by atoms with Crippen molar-refractivity contribution in [1.82, 2.24) is 10.2 Å². The molecule has 2 fully saturated rings. The third-order valence-corrected chi connectivity index (χ3v) is 4.58. The summed E-state index contributed by atoms with van der Waals surface area (Å²) in [7, 11) is 0. The fourth-order valence-corrected chi connectivity index (χ4v) is 3.37. The van der Waals surface area contributed by atoms with Crippen LogP contribution in [0.5, 0.6) is 0 Å². The molecule has 2 rings (SSSR count). The highest BCUT2D eigenvalue weighted by Crippen LogP contribution is 2.29. The first-order chi connectivity index (χ1) is 7.57. The van der Waals surface area contributed by atoms with Crippen molar-refractivity contribution >= 4 is 17.7 Å². The van der Waals surface area contributed by atoms with Gasteiger partial charge in [0.15, 0.2) is 0 Å². The Hall–Kier alpha value is -0.220. The van der Waals surface area contributed by atoms with E-state index < -0.39 is 0 Å². The van der Waals surface area contributed by atoms with Gasteiger partial charge in [-0.15, -0.1) is 0 Å². The maximum absolute atomic E-state index is 12.1. The molecule has 0 spiro atoms. The van der Waals surface area contributed by atoms with Crippen LogP contribution < -0.4 is 5.32 Å². The molecule has 2 aliphatic rings. The Bertz CT molecular complexity index is 262. The molecule has 0 saturated carbocycles. The predicted octanol–water partition coefficient (Wildman–Crippen LogP) is 1.34. The second-order valence-electron chi connectivity index (χ2n) is 5.66. The van der Waals surface area contributed by atoms with Gasteiger partial charge in [0.1, 0.15) is 0 Å². The van der Waals surface area contributed by atoms with E-state index in [9.17, 15) is 4.79 Å². The minimum absolute atomic E-state index is 0.324. The molecule has 2 saturated heterocycles. The van der Waals surface area contributed by atoms with Crippen molar-refractivity contribution in [2.45, 2.75) is 32.7 Å². The number of nitrogens with one attached hydrogen (secondary N) is 1. The number of rotatable bonds is 2. The largest absolute Gasteiger partial charge is 0.342 e. The summed E-state index contributed by atoms with van der Waals surface area (Å²) in [5.41, 5.74) is 0.324. The molecule has 0 radical (unpaired) electrons. The standard InChI is InChI=1S/C12H22N2OS/c1-12(2)3-5-14(9-12)11(15)7-10-8-16-6-4-13-10/h10,13H,3-9H2,1-2H3. The first-order valence-corrected chi connectivity index (χ1v) is 7.31. The first kappa shape index (κ1) is 12.2. The van der Waals surface area contributed by atoms with Gasteiger partial charge in [-0.1, -0.05) is 13.8 Å². The molecule has 0 aromatic carbocycles. The normalized spacial score (nSPS) is 29.4. The molecule has 2 heterocycles. The van der Waals surface area contributed by atoms with Crippen LogP contribution >= 0.6 is 11.8 Å². The average molecular weight is 242 g/mol. The van der Waals surface area contributed by atoms with E-state index >= 15 is 0 Å². The van der Waals surface area contributed by atoms with Crippen LogP contribution in [0.4, 0.5) is 0 Å². The number of carbonyl (C=O) groups excluding carboxylic acids is 1. The first-order valence-electron chi connectivity index (χ1n) is 6.16. The Labute approximate surface area is 102 Å². The molecule has 1 N–H and O–H groups in total. The number of thioether (sulfide) groups is 1. The molecular weight excluding hydrogens is 220 g/mol.